The molecule has 0 radical (unpaired) electrons. The fraction of sp³-hybridized carbons (Fsp3) is 0.830. The van der Waals surface area contributed by atoms with Crippen LogP contribution in [0.15, 0.2) is 36.5 Å². The predicted octanol–water partition coefficient (Wildman–Crippen LogP) is 16.5. The molecule has 0 heterocycles. The highest BCUT2D eigenvalue weighted by Crippen LogP contribution is 2.15. The van der Waals surface area contributed by atoms with Crippen LogP contribution < -0.4 is 0 Å². The Bertz CT molecular complexity index is 1000. The largest absolute Gasteiger partial charge is 0.462 e. The molecule has 0 saturated carbocycles. The van der Waals surface area contributed by atoms with Gasteiger partial charge >= 0.3 is 17.9 Å². The molecule has 6 heteroatoms. The Morgan fingerprint density at radius 1 is 0.339 bits per heavy atom. The van der Waals surface area contributed by atoms with Gasteiger partial charge in [-0.25, -0.2) is 0 Å². The number of unbranched alkanes of at least 4 members (excludes halogenated alkanes) is 29. The molecule has 0 aromatic rings. The van der Waals surface area contributed by atoms with Crippen molar-refractivity contribution in [3.05, 3.63) is 36.5 Å². The van der Waals surface area contributed by atoms with Crippen molar-refractivity contribution in [2.45, 2.75) is 271 Å². The summed E-state index contributed by atoms with van der Waals surface area (Å²) in [6.45, 7) is 6.57. The molecule has 1 atom stereocenters. The number of hydrogen-bond acceptors (Lipinski definition) is 6. The zero-order valence-electron chi connectivity index (χ0n) is 39.3. The number of ether oxygens (including phenoxy) is 3. The molecule has 0 bridgehead atoms. The zero-order chi connectivity index (χ0) is 43.0. The fourth-order valence-electron chi connectivity index (χ4n) is 7.23. The van der Waals surface area contributed by atoms with Gasteiger partial charge in [-0.05, 0) is 77.0 Å². The average Bonchev–Trinajstić information content (AvgIpc) is 3.23. The first-order chi connectivity index (χ1) is 29.0. The van der Waals surface area contributed by atoms with Crippen LogP contribution in [-0.4, -0.2) is 37.2 Å². The van der Waals surface area contributed by atoms with Gasteiger partial charge in [0.1, 0.15) is 13.2 Å². The molecular weight excluding hydrogens is 733 g/mol. The summed E-state index contributed by atoms with van der Waals surface area (Å²) in [5, 5.41) is 0. The van der Waals surface area contributed by atoms with Gasteiger partial charge in [0.15, 0.2) is 6.10 Å². The van der Waals surface area contributed by atoms with Crippen molar-refractivity contribution in [1.29, 1.82) is 0 Å². The Morgan fingerprint density at radius 3 is 0.966 bits per heavy atom. The van der Waals surface area contributed by atoms with Crippen LogP contribution in [0.3, 0.4) is 0 Å². The fourth-order valence-corrected chi connectivity index (χ4v) is 7.23. The maximum absolute atomic E-state index is 12.7. The van der Waals surface area contributed by atoms with Gasteiger partial charge in [0.2, 0.25) is 0 Å². The normalized spacial score (nSPS) is 12.3. The van der Waals surface area contributed by atoms with Crippen molar-refractivity contribution >= 4 is 17.9 Å². The second kappa shape index (κ2) is 48.3. The third-order valence-corrected chi connectivity index (χ3v) is 11.1. The maximum atomic E-state index is 12.7. The van der Waals surface area contributed by atoms with Gasteiger partial charge in [-0.2, -0.15) is 0 Å². The standard InChI is InChI=1S/C53H96O6/c1-4-7-10-13-16-18-20-22-23-24-25-26-27-28-29-31-32-34-37-40-43-46-52(55)58-49-50(48-57-51(54)45-42-39-36-15-12-9-6-3)59-53(56)47-44-41-38-35-33-30-21-19-17-14-11-8-5-2/h19-22,24-25,50H,4-18,23,26-49H2,1-3H3/b21-19-,22-20-,25-24-. The lowest BCUT2D eigenvalue weighted by Gasteiger charge is -2.18. The third-order valence-electron chi connectivity index (χ3n) is 11.1. The Balaban J connectivity index is 4.21. The topological polar surface area (TPSA) is 78.9 Å². The molecular formula is C53H96O6. The van der Waals surface area contributed by atoms with Crippen LogP contribution in [0.5, 0.6) is 0 Å². The number of esters is 3. The van der Waals surface area contributed by atoms with Gasteiger partial charge in [0.25, 0.3) is 0 Å². The molecule has 59 heavy (non-hydrogen) atoms. The van der Waals surface area contributed by atoms with Crippen LogP contribution in [0.25, 0.3) is 0 Å². The number of carbonyl (C=O) groups is 3. The van der Waals surface area contributed by atoms with Crippen molar-refractivity contribution in [2.24, 2.45) is 0 Å². The van der Waals surface area contributed by atoms with E-state index in [1.54, 1.807) is 0 Å². The van der Waals surface area contributed by atoms with Crippen molar-refractivity contribution in [2.75, 3.05) is 13.2 Å². The van der Waals surface area contributed by atoms with Crippen LogP contribution in [0.1, 0.15) is 265 Å². The number of carbonyl (C=O) groups excluding carboxylic acids is 3. The van der Waals surface area contributed by atoms with Crippen molar-refractivity contribution in [3.8, 4) is 0 Å². The predicted molar refractivity (Wildman–Crippen MR) is 252 cm³/mol. The first-order valence-electron chi connectivity index (χ1n) is 25.5. The molecule has 0 aliphatic carbocycles. The molecule has 0 amide bonds. The van der Waals surface area contributed by atoms with Crippen LogP contribution in [0.4, 0.5) is 0 Å². The molecule has 0 aliphatic heterocycles. The summed E-state index contributed by atoms with van der Waals surface area (Å²) in [5.74, 6) is -0.888. The van der Waals surface area contributed by atoms with E-state index in [1.165, 1.54) is 154 Å². The minimum Gasteiger partial charge on any atom is -0.462 e. The summed E-state index contributed by atoms with van der Waals surface area (Å²) in [7, 11) is 0. The number of allylic oxidation sites excluding steroid dienone is 6. The first kappa shape index (κ1) is 56.6. The molecule has 0 aromatic heterocycles. The second-order valence-electron chi connectivity index (χ2n) is 17.1. The number of hydrogen-bond donors (Lipinski definition) is 0. The number of rotatable bonds is 46. The quantitative estimate of drug-likeness (QED) is 0.0263. The van der Waals surface area contributed by atoms with E-state index in [0.29, 0.717) is 19.3 Å². The van der Waals surface area contributed by atoms with Gasteiger partial charge in [0, 0.05) is 19.3 Å². The lowest BCUT2D eigenvalue weighted by molar-refractivity contribution is -0.167. The van der Waals surface area contributed by atoms with E-state index in [2.05, 4.69) is 57.2 Å². The van der Waals surface area contributed by atoms with Gasteiger partial charge in [-0.3, -0.25) is 14.4 Å². The van der Waals surface area contributed by atoms with Crippen molar-refractivity contribution in [3.63, 3.8) is 0 Å². The van der Waals surface area contributed by atoms with Gasteiger partial charge in [-0.1, -0.05) is 205 Å². The monoisotopic (exact) mass is 829 g/mol. The SMILES string of the molecule is CCCCCC/C=C\CCCCCCCC(=O)OC(COC(=O)CCCCCCCCC)COC(=O)CCCCCCCCCCC/C=C\C/C=C\CCCCCCC. The molecule has 0 saturated heterocycles. The lowest BCUT2D eigenvalue weighted by atomic mass is 10.1. The van der Waals surface area contributed by atoms with Crippen molar-refractivity contribution < 1.29 is 28.6 Å². The zero-order valence-corrected chi connectivity index (χ0v) is 39.3. The molecule has 0 spiro atoms. The first-order valence-corrected chi connectivity index (χ1v) is 25.5. The van der Waals surface area contributed by atoms with E-state index in [9.17, 15) is 14.4 Å². The summed E-state index contributed by atoms with van der Waals surface area (Å²) in [6, 6.07) is 0. The van der Waals surface area contributed by atoms with Crippen molar-refractivity contribution in [1.82, 2.24) is 0 Å². The van der Waals surface area contributed by atoms with Crippen LogP contribution in [0, 0.1) is 0 Å². The molecule has 0 aromatic carbocycles. The highest BCUT2D eigenvalue weighted by Gasteiger charge is 2.19. The summed E-state index contributed by atoms with van der Waals surface area (Å²) >= 11 is 0. The Morgan fingerprint density at radius 2 is 0.610 bits per heavy atom. The van der Waals surface area contributed by atoms with Gasteiger partial charge < -0.3 is 14.2 Å². The summed E-state index contributed by atoms with van der Waals surface area (Å²) < 4.78 is 16.7. The molecule has 6 nitrogen and oxygen atoms in total. The summed E-state index contributed by atoms with van der Waals surface area (Å²) in [5.41, 5.74) is 0. The Hall–Kier alpha value is -2.37. The van der Waals surface area contributed by atoms with E-state index in [-0.39, 0.29) is 31.1 Å². The van der Waals surface area contributed by atoms with E-state index in [4.69, 9.17) is 14.2 Å². The molecule has 0 N–H and O–H groups in total. The smallest absolute Gasteiger partial charge is 0.306 e. The Labute approximate surface area is 365 Å². The van der Waals surface area contributed by atoms with Gasteiger partial charge in [0.05, 0.1) is 0 Å². The third kappa shape index (κ3) is 46.5. The van der Waals surface area contributed by atoms with Gasteiger partial charge in [-0.15, -0.1) is 0 Å². The van der Waals surface area contributed by atoms with Crippen LogP contribution >= 0.6 is 0 Å². The lowest BCUT2D eigenvalue weighted by Crippen LogP contribution is -2.30. The molecule has 0 fully saturated rings. The molecule has 344 valence electrons. The highest BCUT2D eigenvalue weighted by atomic mass is 16.6. The average molecular weight is 829 g/mol. The second-order valence-corrected chi connectivity index (χ2v) is 17.1. The van der Waals surface area contributed by atoms with Crippen LogP contribution in [0.2, 0.25) is 0 Å². The molecule has 0 rings (SSSR count). The minimum atomic E-state index is -0.772. The van der Waals surface area contributed by atoms with E-state index in [1.807, 2.05) is 0 Å². The Kier molecular flexibility index (Phi) is 46.4. The molecule has 1 unspecified atom stereocenters. The van der Waals surface area contributed by atoms with Crippen LogP contribution in [-0.2, 0) is 28.6 Å². The summed E-state index contributed by atoms with van der Waals surface area (Å²) in [6.07, 6.45) is 55.7. The highest BCUT2D eigenvalue weighted by molar-refractivity contribution is 5.71. The minimum absolute atomic E-state index is 0.0753. The van der Waals surface area contributed by atoms with E-state index >= 15 is 0 Å². The summed E-state index contributed by atoms with van der Waals surface area (Å²) in [4.78, 5) is 37.7. The molecule has 0 aliphatic rings. The van der Waals surface area contributed by atoms with E-state index < -0.39 is 6.10 Å². The maximum Gasteiger partial charge on any atom is 0.306 e. The van der Waals surface area contributed by atoms with E-state index in [0.717, 1.165) is 70.6 Å².